The Bertz CT molecular complexity index is 1510. The first kappa shape index (κ1) is 28.6. The number of aromatic hydroxyl groups is 1. The highest BCUT2D eigenvalue weighted by molar-refractivity contribution is 6.52. The van der Waals surface area contributed by atoms with Crippen LogP contribution in [-0.2, 0) is 15.0 Å². The fourth-order valence-corrected chi connectivity index (χ4v) is 5.40. The third-order valence-corrected chi connectivity index (χ3v) is 7.39. The number of halogens is 3. The fourth-order valence-electron chi connectivity index (χ4n) is 4.54. The van der Waals surface area contributed by atoms with Gasteiger partial charge in [0, 0.05) is 5.02 Å². The minimum absolute atomic E-state index is 0.00551. The highest BCUT2D eigenvalue weighted by Gasteiger charge is 2.48. The molecule has 1 heterocycles. The van der Waals surface area contributed by atoms with Crippen LogP contribution in [0.3, 0.4) is 0 Å². The molecule has 7 nitrogen and oxygen atoms in total. The molecule has 0 bridgehead atoms. The van der Waals surface area contributed by atoms with Crippen LogP contribution >= 0.6 is 34.8 Å². The maximum absolute atomic E-state index is 13.5. The largest absolute Gasteiger partial charge is 0.507 e. The summed E-state index contributed by atoms with van der Waals surface area (Å²) < 4.78 is 10.7. The van der Waals surface area contributed by atoms with Gasteiger partial charge in [-0.2, -0.15) is 0 Å². The summed E-state index contributed by atoms with van der Waals surface area (Å²) in [5, 5.41) is 22.5. The molecule has 0 radical (unpaired) electrons. The van der Waals surface area contributed by atoms with E-state index in [2.05, 4.69) is 20.8 Å². The average molecular weight is 591 g/mol. The summed E-state index contributed by atoms with van der Waals surface area (Å²) in [5.41, 5.74) is 1.11. The molecule has 4 rings (SSSR count). The Balaban J connectivity index is 2.04. The molecule has 1 amide bonds. The number of carbonyl (C=O) groups is 2. The summed E-state index contributed by atoms with van der Waals surface area (Å²) in [7, 11) is 2.70. The average Bonchev–Trinajstić information content (AvgIpc) is 3.14. The monoisotopic (exact) mass is 589 g/mol. The van der Waals surface area contributed by atoms with Gasteiger partial charge in [0.05, 0.1) is 42.1 Å². The summed E-state index contributed by atoms with van der Waals surface area (Å²) in [6, 6.07) is 11.7. The van der Waals surface area contributed by atoms with Crippen molar-refractivity contribution in [3.8, 4) is 17.2 Å². The van der Waals surface area contributed by atoms with Crippen molar-refractivity contribution in [1.29, 1.82) is 0 Å². The fraction of sp³-hybridized carbons (Fsp3) is 0.241. The van der Waals surface area contributed by atoms with Crippen LogP contribution in [0, 0.1) is 0 Å². The van der Waals surface area contributed by atoms with Gasteiger partial charge in [-0.05, 0) is 40.8 Å². The maximum Gasteiger partial charge on any atom is 0.300 e. The molecule has 204 valence electrons. The quantitative estimate of drug-likeness (QED) is 0.184. The second-order valence-electron chi connectivity index (χ2n) is 9.96. The molecule has 0 aliphatic carbocycles. The summed E-state index contributed by atoms with van der Waals surface area (Å²) >= 11 is 19.0. The van der Waals surface area contributed by atoms with Gasteiger partial charge >= 0.3 is 0 Å². The summed E-state index contributed by atoms with van der Waals surface area (Å²) in [4.78, 5) is 28.1. The van der Waals surface area contributed by atoms with Crippen molar-refractivity contribution in [1.82, 2.24) is 0 Å². The number of aliphatic hydroxyl groups is 1. The number of rotatable bonds is 5. The van der Waals surface area contributed by atoms with Crippen LogP contribution < -0.4 is 14.4 Å². The van der Waals surface area contributed by atoms with Gasteiger partial charge in [0.25, 0.3) is 11.7 Å². The number of benzene rings is 3. The predicted molar refractivity (Wildman–Crippen MR) is 153 cm³/mol. The van der Waals surface area contributed by atoms with Gasteiger partial charge < -0.3 is 19.7 Å². The number of nitrogens with zero attached hydrogens (tertiary/aromatic N) is 1. The summed E-state index contributed by atoms with van der Waals surface area (Å²) in [6.45, 7) is 6.17. The molecule has 1 fully saturated rings. The Morgan fingerprint density at radius 1 is 0.923 bits per heavy atom. The van der Waals surface area contributed by atoms with E-state index in [1.807, 2.05) is 12.1 Å². The Hall–Kier alpha value is -3.39. The van der Waals surface area contributed by atoms with Crippen LogP contribution in [0.25, 0.3) is 5.76 Å². The number of carbonyl (C=O) groups excluding carboxylic acids is 2. The van der Waals surface area contributed by atoms with E-state index in [1.165, 1.54) is 38.5 Å². The van der Waals surface area contributed by atoms with E-state index >= 15 is 0 Å². The zero-order valence-corrected chi connectivity index (χ0v) is 24.1. The van der Waals surface area contributed by atoms with Crippen LogP contribution in [0.15, 0.2) is 54.1 Å². The number of phenolic OH excluding ortho intramolecular Hbond substituents is 1. The lowest BCUT2D eigenvalue weighted by Gasteiger charge is -2.27. The van der Waals surface area contributed by atoms with Gasteiger partial charge in [-0.15, -0.1) is 0 Å². The van der Waals surface area contributed by atoms with Gasteiger partial charge in [-0.25, -0.2) is 0 Å². The van der Waals surface area contributed by atoms with Crippen LogP contribution in [0.1, 0.15) is 43.5 Å². The van der Waals surface area contributed by atoms with Gasteiger partial charge in [0.2, 0.25) is 0 Å². The van der Waals surface area contributed by atoms with E-state index in [0.29, 0.717) is 5.56 Å². The van der Waals surface area contributed by atoms with Gasteiger partial charge in [0.1, 0.15) is 16.5 Å². The number of methoxy groups -OCH3 is 2. The van der Waals surface area contributed by atoms with Gasteiger partial charge in [-0.1, -0.05) is 79.8 Å². The molecular weight excluding hydrogens is 565 g/mol. The van der Waals surface area contributed by atoms with Crippen LogP contribution in [0.4, 0.5) is 5.69 Å². The lowest BCUT2D eigenvalue weighted by atomic mass is 9.85. The number of ketones is 1. The van der Waals surface area contributed by atoms with Crippen LogP contribution in [0.2, 0.25) is 15.1 Å². The highest BCUT2D eigenvalue weighted by atomic mass is 35.5. The zero-order valence-electron chi connectivity index (χ0n) is 21.8. The Kier molecular flexibility index (Phi) is 7.81. The van der Waals surface area contributed by atoms with Crippen molar-refractivity contribution in [3.05, 3.63) is 85.9 Å². The zero-order chi connectivity index (χ0) is 28.8. The number of hydrogen-bond donors (Lipinski definition) is 2. The van der Waals surface area contributed by atoms with Crippen molar-refractivity contribution in [2.75, 3.05) is 19.1 Å². The first-order valence-electron chi connectivity index (χ1n) is 11.8. The molecule has 0 saturated carbocycles. The molecule has 3 aromatic rings. The number of hydrogen-bond acceptors (Lipinski definition) is 6. The maximum atomic E-state index is 13.5. The molecule has 0 spiro atoms. The molecule has 1 atom stereocenters. The third-order valence-electron chi connectivity index (χ3n) is 6.53. The van der Waals surface area contributed by atoms with E-state index in [0.717, 1.165) is 10.5 Å². The SMILES string of the molecule is COc1c(Cl)cc(/C(O)=C2\C(=O)C(=O)N(c3cc(Cl)ccc3O)C2c2ccc(C(C)(C)C)cc2)c(OC)c1Cl. The van der Waals surface area contributed by atoms with E-state index in [1.54, 1.807) is 12.1 Å². The molecule has 1 saturated heterocycles. The molecular formula is C29H26Cl3NO6. The number of ether oxygens (including phenoxy) is 2. The van der Waals surface area contributed by atoms with Crippen molar-refractivity contribution in [2.24, 2.45) is 0 Å². The second-order valence-corrected chi connectivity index (χ2v) is 11.2. The minimum atomic E-state index is -1.13. The van der Waals surface area contributed by atoms with Crippen molar-refractivity contribution >= 4 is 57.9 Å². The van der Waals surface area contributed by atoms with Crippen LogP contribution in [-0.4, -0.2) is 36.1 Å². The lowest BCUT2D eigenvalue weighted by Crippen LogP contribution is -2.29. The number of anilines is 1. The normalized spacial score (nSPS) is 17.0. The van der Waals surface area contributed by atoms with Gasteiger partial charge in [0.15, 0.2) is 11.5 Å². The molecule has 39 heavy (non-hydrogen) atoms. The van der Waals surface area contributed by atoms with E-state index < -0.39 is 23.5 Å². The molecule has 1 aliphatic heterocycles. The standard InChI is InChI=1S/C29H26Cl3NO6/c1-29(2,3)15-8-6-14(7-9-15)23-21(24(35)17-13-18(31)27(39-5)22(32)26(17)38-4)25(36)28(37)33(23)19-12-16(30)10-11-20(19)34/h6-13,23,34-35H,1-5H3/b24-21+. The Labute approximate surface area is 241 Å². The molecule has 3 aromatic carbocycles. The molecule has 0 aromatic heterocycles. The van der Waals surface area contributed by atoms with Crippen molar-refractivity contribution in [2.45, 2.75) is 32.2 Å². The van der Waals surface area contributed by atoms with E-state index in [9.17, 15) is 19.8 Å². The third kappa shape index (κ3) is 5.02. The first-order valence-corrected chi connectivity index (χ1v) is 13.0. The second kappa shape index (κ2) is 10.6. The number of Topliss-reactive ketones (excluding diaryl/α,β-unsaturated/α-hetero) is 1. The minimum Gasteiger partial charge on any atom is -0.507 e. The van der Waals surface area contributed by atoms with Crippen molar-refractivity contribution < 1.29 is 29.3 Å². The van der Waals surface area contributed by atoms with Crippen LogP contribution in [0.5, 0.6) is 17.2 Å². The predicted octanol–water partition coefficient (Wildman–Crippen LogP) is 7.29. The number of amides is 1. The first-order chi connectivity index (χ1) is 18.3. The smallest absolute Gasteiger partial charge is 0.300 e. The molecule has 2 N–H and O–H groups in total. The Morgan fingerprint density at radius 2 is 1.54 bits per heavy atom. The lowest BCUT2D eigenvalue weighted by molar-refractivity contribution is -0.132. The number of aliphatic hydroxyl groups excluding tert-OH is 1. The highest BCUT2D eigenvalue weighted by Crippen LogP contribution is 2.49. The van der Waals surface area contributed by atoms with E-state index in [4.69, 9.17) is 44.3 Å². The molecule has 1 aliphatic rings. The topological polar surface area (TPSA) is 96.3 Å². The Morgan fingerprint density at radius 3 is 2.10 bits per heavy atom. The number of phenols is 1. The van der Waals surface area contributed by atoms with E-state index in [-0.39, 0.29) is 54.6 Å². The summed E-state index contributed by atoms with van der Waals surface area (Å²) in [5.74, 6) is -2.68. The molecule has 1 unspecified atom stereocenters. The van der Waals surface area contributed by atoms with Crippen molar-refractivity contribution in [3.63, 3.8) is 0 Å². The van der Waals surface area contributed by atoms with Gasteiger partial charge in [-0.3, -0.25) is 14.5 Å². The summed E-state index contributed by atoms with van der Waals surface area (Å²) in [6.07, 6.45) is 0. The molecule has 10 heteroatoms.